The van der Waals surface area contributed by atoms with E-state index in [1.165, 1.54) is 70.6 Å². The van der Waals surface area contributed by atoms with Gasteiger partial charge in [-0.3, -0.25) is 4.79 Å². The second-order valence-corrected chi connectivity index (χ2v) is 5.76. The van der Waals surface area contributed by atoms with Gasteiger partial charge < -0.3 is 0 Å². The molecule has 1 aliphatic rings. The molecule has 1 fully saturated rings. The van der Waals surface area contributed by atoms with E-state index in [1.54, 1.807) is 0 Å². The quantitative estimate of drug-likeness (QED) is 0.473. The number of rotatable bonds is 10. The van der Waals surface area contributed by atoms with Crippen LogP contribution in [0, 0.1) is 5.92 Å². The Balaban J connectivity index is 1.77. The highest BCUT2D eigenvalue weighted by molar-refractivity contribution is 5.80. The zero-order valence-corrected chi connectivity index (χ0v) is 11.7. The van der Waals surface area contributed by atoms with Crippen molar-refractivity contribution in [3.63, 3.8) is 0 Å². The van der Waals surface area contributed by atoms with Gasteiger partial charge in [0.2, 0.25) is 0 Å². The fraction of sp³-hybridized carbons (Fsp3) is 0.938. The van der Waals surface area contributed by atoms with Crippen LogP contribution >= 0.6 is 0 Å². The molecule has 17 heavy (non-hydrogen) atoms. The molecule has 0 aliphatic heterocycles. The van der Waals surface area contributed by atoms with Crippen LogP contribution in [0.2, 0.25) is 0 Å². The zero-order valence-electron chi connectivity index (χ0n) is 11.7. The van der Waals surface area contributed by atoms with Gasteiger partial charge in [0.15, 0.2) is 0 Å². The molecule has 100 valence electrons. The van der Waals surface area contributed by atoms with E-state index in [2.05, 4.69) is 6.92 Å². The fourth-order valence-corrected chi connectivity index (χ4v) is 2.88. The summed E-state index contributed by atoms with van der Waals surface area (Å²) in [7, 11) is 0. The van der Waals surface area contributed by atoms with Crippen LogP contribution in [0.3, 0.4) is 0 Å². The van der Waals surface area contributed by atoms with E-state index in [0.29, 0.717) is 5.78 Å². The van der Waals surface area contributed by atoms with E-state index < -0.39 is 0 Å². The maximum absolute atomic E-state index is 11.1. The molecular weight excluding hydrogens is 208 g/mol. The molecule has 1 heteroatoms. The molecule has 0 amide bonds. The van der Waals surface area contributed by atoms with Gasteiger partial charge in [0.1, 0.15) is 5.78 Å². The second kappa shape index (κ2) is 9.67. The van der Waals surface area contributed by atoms with Gasteiger partial charge in [-0.2, -0.15) is 0 Å². The first-order chi connectivity index (χ1) is 8.33. The summed E-state index contributed by atoms with van der Waals surface area (Å²) >= 11 is 0. The van der Waals surface area contributed by atoms with Crippen LogP contribution in [0.15, 0.2) is 0 Å². The van der Waals surface area contributed by atoms with Crippen LogP contribution in [0.5, 0.6) is 0 Å². The van der Waals surface area contributed by atoms with Crippen molar-refractivity contribution in [1.82, 2.24) is 0 Å². The average molecular weight is 238 g/mol. The van der Waals surface area contributed by atoms with E-state index in [4.69, 9.17) is 0 Å². The van der Waals surface area contributed by atoms with Crippen LogP contribution < -0.4 is 0 Å². The van der Waals surface area contributed by atoms with Crippen LogP contribution in [-0.4, -0.2) is 5.78 Å². The minimum Gasteiger partial charge on any atom is -0.300 e. The molecule has 0 radical (unpaired) electrons. The number of hydrogen-bond acceptors (Lipinski definition) is 1. The van der Waals surface area contributed by atoms with Gasteiger partial charge in [-0.15, -0.1) is 0 Å². The van der Waals surface area contributed by atoms with E-state index in [0.717, 1.165) is 18.8 Å². The number of unbranched alkanes of at least 4 members (excludes halogenated alkanes) is 8. The molecule has 0 N–H and O–H groups in total. The Kier molecular flexibility index (Phi) is 8.38. The van der Waals surface area contributed by atoms with Crippen molar-refractivity contribution < 1.29 is 4.79 Å². The Morgan fingerprint density at radius 2 is 1.53 bits per heavy atom. The summed E-state index contributed by atoms with van der Waals surface area (Å²) in [5, 5.41) is 0. The summed E-state index contributed by atoms with van der Waals surface area (Å²) in [6.07, 6.45) is 16.9. The summed E-state index contributed by atoms with van der Waals surface area (Å²) in [5.74, 6) is 1.25. The van der Waals surface area contributed by atoms with Gasteiger partial charge in [0, 0.05) is 12.8 Å². The van der Waals surface area contributed by atoms with Gasteiger partial charge in [-0.05, 0) is 12.3 Å². The first kappa shape index (κ1) is 14.7. The molecule has 1 atom stereocenters. The monoisotopic (exact) mass is 238 g/mol. The molecule has 0 unspecified atom stereocenters. The molecule has 0 saturated heterocycles. The standard InChI is InChI=1S/C16H30O/c1-2-3-4-5-6-7-8-9-10-11-15-12-13-16(17)14-15/h15H,2-14H2,1H3/t15-/m1/s1. The first-order valence-corrected chi connectivity index (χ1v) is 7.84. The zero-order chi connectivity index (χ0) is 12.3. The van der Waals surface area contributed by atoms with Crippen LogP contribution in [0.1, 0.15) is 90.4 Å². The summed E-state index contributed by atoms with van der Waals surface area (Å²) in [4.78, 5) is 11.1. The smallest absolute Gasteiger partial charge is 0.133 e. The molecule has 0 heterocycles. The molecule has 0 spiro atoms. The van der Waals surface area contributed by atoms with Crippen LogP contribution in [-0.2, 0) is 4.79 Å². The third-order valence-electron chi connectivity index (χ3n) is 4.06. The lowest BCUT2D eigenvalue weighted by Gasteiger charge is -2.07. The Bertz CT molecular complexity index is 198. The van der Waals surface area contributed by atoms with Gasteiger partial charge in [-0.1, -0.05) is 71.1 Å². The Hall–Kier alpha value is -0.330. The average Bonchev–Trinajstić information content (AvgIpc) is 2.73. The van der Waals surface area contributed by atoms with E-state index in [-0.39, 0.29) is 0 Å². The maximum Gasteiger partial charge on any atom is 0.133 e. The molecule has 0 bridgehead atoms. The van der Waals surface area contributed by atoms with Gasteiger partial charge in [0.05, 0.1) is 0 Å². The van der Waals surface area contributed by atoms with Crippen molar-refractivity contribution >= 4 is 5.78 Å². The highest BCUT2D eigenvalue weighted by Gasteiger charge is 2.20. The third kappa shape index (κ3) is 7.57. The number of ketones is 1. The van der Waals surface area contributed by atoms with E-state index in [1.807, 2.05) is 0 Å². The van der Waals surface area contributed by atoms with Crippen molar-refractivity contribution in [3.05, 3.63) is 0 Å². The van der Waals surface area contributed by atoms with Crippen molar-refractivity contribution in [2.75, 3.05) is 0 Å². The molecule has 1 saturated carbocycles. The van der Waals surface area contributed by atoms with Gasteiger partial charge in [-0.25, -0.2) is 0 Å². The molecule has 0 aromatic carbocycles. The van der Waals surface area contributed by atoms with Crippen molar-refractivity contribution in [3.8, 4) is 0 Å². The lowest BCUT2D eigenvalue weighted by molar-refractivity contribution is -0.117. The third-order valence-corrected chi connectivity index (χ3v) is 4.06. The van der Waals surface area contributed by atoms with Crippen LogP contribution in [0.25, 0.3) is 0 Å². The number of hydrogen-bond donors (Lipinski definition) is 0. The molecule has 1 rings (SSSR count). The molecule has 1 aliphatic carbocycles. The maximum atomic E-state index is 11.1. The summed E-state index contributed by atoms with van der Waals surface area (Å²) in [5.41, 5.74) is 0. The topological polar surface area (TPSA) is 17.1 Å². The predicted octanol–water partition coefficient (Wildman–Crippen LogP) is 5.28. The largest absolute Gasteiger partial charge is 0.300 e. The predicted molar refractivity (Wildman–Crippen MR) is 74.2 cm³/mol. The highest BCUT2D eigenvalue weighted by atomic mass is 16.1. The SMILES string of the molecule is CCCCCCCCCCC[C@@H]1CCC(=O)C1. The molecule has 0 aromatic rings. The normalized spacial score (nSPS) is 20.1. The molecule has 0 aromatic heterocycles. The number of Topliss-reactive ketones (excluding diaryl/α,β-unsaturated/α-hetero) is 1. The summed E-state index contributed by atoms with van der Waals surface area (Å²) < 4.78 is 0. The molecule has 1 nitrogen and oxygen atoms in total. The van der Waals surface area contributed by atoms with Crippen LogP contribution in [0.4, 0.5) is 0 Å². The Labute approximate surface area is 107 Å². The first-order valence-electron chi connectivity index (χ1n) is 7.84. The van der Waals surface area contributed by atoms with E-state index >= 15 is 0 Å². The highest BCUT2D eigenvalue weighted by Crippen LogP contribution is 2.27. The Morgan fingerprint density at radius 1 is 0.941 bits per heavy atom. The van der Waals surface area contributed by atoms with Gasteiger partial charge in [0.25, 0.3) is 0 Å². The van der Waals surface area contributed by atoms with Crippen molar-refractivity contribution in [2.24, 2.45) is 5.92 Å². The minimum absolute atomic E-state index is 0.505. The lowest BCUT2D eigenvalue weighted by atomic mass is 9.99. The van der Waals surface area contributed by atoms with Gasteiger partial charge >= 0.3 is 0 Å². The van der Waals surface area contributed by atoms with Crippen molar-refractivity contribution in [2.45, 2.75) is 90.4 Å². The summed E-state index contributed by atoms with van der Waals surface area (Å²) in [6, 6.07) is 0. The molecular formula is C16H30O. The second-order valence-electron chi connectivity index (χ2n) is 5.76. The minimum atomic E-state index is 0.505. The number of carbonyl (C=O) groups excluding carboxylic acids is 1. The number of carbonyl (C=O) groups is 1. The Morgan fingerprint density at radius 3 is 2.06 bits per heavy atom. The fourth-order valence-electron chi connectivity index (χ4n) is 2.88. The van der Waals surface area contributed by atoms with E-state index in [9.17, 15) is 4.79 Å². The summed E-state index contributed by atoms with van der Waals surface area (Å²) in [6.45, 7) is 2.27. The lowest BCUT2D eigenvalue weighted by Crippen LogP contribution is -1.95. The van der Waals surface area contributed by atoms with Crippen molar-refractivity contribution in [1.29, 1.82) is 0 Å².